The molecule has 1 heterocycles. The van der Waals surface area contributed by atoms with Crippen molar-refractivity contribution in [3.8, 4) is 0 Å². The second-order valence-corrected chi connectivity index (χ2v) is 3.34. The predicted molar refractivity (Wildman–Crippen MR) is 63.0 cm³/mol. The zero-order chi connectivity index (χ0) is 11.3. The SMILES string of the molecule is CN=C(N)NCc1cccnc1N(C)C. The maximum Gasteiger partial charge on any atom is 0.188 e. The first-order valence-electron chi connectivity index (χ1n) is 4.72. The van der Waals surface area contributed by atoms with Crippen LogP contribution < -0.4 is 16.0 Å². The Bertz CT molecular complexity index is 345. The average molecular weight is 207 g/mol. The molecule has 0 aliphatic heterocycles. The molecule has 5 nitrogen and oxygen atoms in total. The van der Waals surface area contributed by atoms with E-state index in [2.05, 4.69) is 15.3 Å². The summed E-state index contributed by atoms with van der Waals surface area (Å²) in [7, 11) is 5.57. The first-order chi connectivity index (χ1) is 7.15. The zero-order valence-electron chi connectivity index (χ0n) is 9.36. The van der Waals surface area contributed by atoms with Gasteiger partial charge in [0.15, 0.2) is 5.96 Å². The smallest absolute Gasteiger partial charge is 0.188 e. The third-order valence-electron chi connectivity index (χ3n) is 1.99. The molecule has 0 atom stereocenters. The number of nitrogens with zero attached hydrogens (tertiary/aromatic N) is 3. The van der Waals surface area contributed by atoms with Gasteiger partial charge in [-0.3, -0.25) is 4.99 Å². The molecule has 1 aromatic rings. The number of aromatic nitrogens is 1. The second-order valence-electron chi connectivity index (χ2n) is 3.34. The van der Waals surface area contributed by atoms with Crippen LogP contribution in [0.2, 0.25) is 0 Å². The fraction of sp³-hybridized carbons (Fsp3) is 0.400. The molecule has 0 aliphatic carbocycles. The first kappa shape index (κ1) is 11.3. The summed E-state index contributed by atoms with van der Waals surface area (Å²) in [6.07, 6.45) is 1.77. The molecule has 0 saturated carbocycles. The van der Waals surface area contributed by atoms with Crippen LogP contribution in [0.1, 0.15) is 5.56 Å². The van der Waals surface area contributed by atoms with Crippen LogP contribution >= 0.6 is 0 Å². The molecule has 5 heteroatoms. The molecule has 1 aromatic heterocycles. The second kappa shape index (κ2) is 5.19. The van der Waals surface area contributed by atoms with Gasteiger partial charge in [0, 0.05) is 39.4 Å². The highest BCUT2D eigenvalue weighted by molar-refractivity contribution is 5.77. The Hall–Kier alpha value is -1.78. The molecule has 0 fully saturated rings. The van der Waals surface area contributed by atoms with Gasteiger partial charge < -0.3 is 16.0 Å². The molecule has 1 rings (SSSR count). The molecule has 0 amide bonds. The number of rotatable bonds is 3. The molecule has 0 aromatic carbocycles. The quantitative estimate of drug-likeness (QED) is 0.548. The summed E-state index contributed by atoms with van der Waals surface area (Å²) in [6.45, 7) is 0.629. The topological polar surface area (TPSA) is 66.5 Å². The average Bonchev–Trinajstić information content (AvgIpc) is 2.26. The van der Waals surface area contributed by atoms with Gasteiger partial charge in [-0.15, -0.1) is 0 Å². The summed E-state index contributed by atoms with van der Waals surface area (Å²) >= 11 is 0. The number of nitrogens with two attached hydrogens (primary N) is 1. The van der Waals surface area contributed by atoms with Crippen LogP contribution in [0.3, 0.4) is 0 Å². The number of anilines is 1. The highest BCUT2D eigenvalue weighted by Crippen LogP contribution is 2.13. The van der Waals surface area contributed by atoms with E-state index >= 15 is 0 Å². The van der Waals surface area contributed by atoms with E-state index in [-0.39, 0.29) is 0 Å². The summed E-state index contributed by atoms with van der Waals surface area (Å²) < 4.78 is 0. The standard InChI is InChI=1S/C10H17N5/c1-12-10(11)14-7-8-5-4-6-13-9(8)15(2)3/h4-6H,7H2,1-3H3,(H3,11,12,14). The molecule has 3 N–H and O–H groups in total. The van der Waals surface area contributed by atoms with E-state index in [1.165, 1.54) is 0 Å². The molecule has 0 bridgehead atoms. The lowest BCUT2D eigenvalue weighted by atomic mass is 10.2. The van der Waals surface area contributed by atoms with Crippen LogP contribution in [0.4, 0.5) is 5.82 Å². The van der Waals surface area contributed by atoms with Gasteiger partial charge in [-0.1, -0.05) is 6.07 Å². The number of aliphatic imine (C=N–C) groups is 1. The Morgan fingerprint density at radius 2 is 2.33 bits per heavy atom. The molecule has 0 spiro atoms. The van der Waals surface area contributed by atoms with Crippen LogP contribution in [-0.4, -0.2) is 32.1 Å². The van der Waals surface area contributed by atoms with Crippen LogP contribution in [0, 0.1) is 0 Å². The van der Waals surface area contributed by atoms with E-state index in [4.69, 9.17) is 5.73 Å². The van der Waals surface area contributed by atoms with E-state index in [9.17, 15) is 0 Å². The fourth-order valence-corrected chi connectivity index (χ4v) is 1.24. The van der Waals surface area contributed by atoms with Crippen molar-refractivity contribution in [1.82, 2.24) is 10.3 Å². The van der Waals surface area contributed by atoms with Crippen molar-refractivity contribution >= 4 is 11.8 Å². The molecule has 0 radical (unpaired) electrons. The zero-order valence-corrected chi connectivity index (χ0v) is 9.36. The van der Waals surface area contributed by atoms with Crippen molar-refractivity contribution in [2.24, 2.45) is 10.7 Å². The number of guanidine groups is 1. The summed E-state index contributed by atoms with van der Waals surface area (Å²) in [5.74, 6) is 1.37. The van der Waals surface area contributed by atoms with Crippen LogP contribution in [0.25, 0.3) is 0 Å². The fourth-order valence-electron chi connectivity index (χ4n) is 1.24. The van der Waals surface area contributed by atoms with Crippen LogP contribution in [0.5, 0.6) is 0 Å². The number of pyridine rings is 1. The molecule has 0 aliphatic rings. The van der Waals surface area contributed by atoms with Crippen molar-refractivity contribution in [3.63, 3.8) is 0 Å². The Labute approximate surface area is 90.0 Å². The lowest BCUT2D eigenvalue weighted by Gasteiger charge is -2.16. The maximum atomic E-state index is 5.55. The van der Waals surface area contributed by atoms with Crippen molar-refractivity contribution in [2.45, 2.75) is 6.54 Å². The lowest BCUT2D eigenvalue weighted by molar-refractivity contribution is 0.881. The van der Waals surface area contributed by atoms with Crippen LogP contribution in [0.15, 0.2) is 23.3 Å². The highest BCUT2D eigenvalue weighted by atomic mass is 15.1. The van der Waals surface area contributed by atoms with Gasteiger partial charge in [0.2, 0.25) is 0 Å². The monoisotopic (exact) mass is 207 g/mol. The minimum Gasteiger partial charge on any atom is -0.370 e. The van der Waals surface area contributed by atoms with Gasteiger partial charge in [-0.05, 0) is 6.07 Å². The van der Waals surface area contributed by atoms with E-state index in [1.807, 2.05) is 31.1 Å². The normalized spacial score (nSPS) is 11.3. The molecule has 0 saturated heterocycles. The van der Waals surface area contributed by atoms with Crippen molar-refractivity contribution < 1.29 is 0 Å². The Kier molecular flexibility index (Phi) is 3.91. The number of hydrogen-bond donors (Lipinski definition) is 2. The molecule has 82 valence electrons. The first-order valence-corrected chi connectivity index (χ1v) is 4.72. The van der Waals surface area contributed by atoms with Gasteiger partial charge in [0.05, 0.1) is 0 Å². The molecule has 15 heavy (non-hydrogen) atoms. The van der Waals surface area contributed by atoms with E-state index < -0.39 is 0 Å². The van der Waals surface area contributed by atoms with E-state index in [0.29, 0.717) is 12.5 Å². The third kappa shape index (κ3) is 3.12. The van der Waals surface area contributed by atoms with Gasteiger partial charge in [-0.25, -0.2) is 4.98 Å². The molecular weight excluding hydrogens is 190 g/mol. The third-order valence-corrected chi connectivity index (χ3v) is 1.99. The highest BCUT2D eigenvalue weighted by Gasteiger charge is 2.04. The maximum absolute atomic E-state index is 5.55. The predicted octanol–water partition coefficient (Wildman–Crippen LogP) is 0.182. The van der Waals surface area contributed by atoms with Gasteiger partial charge in [-0.2, -0.15) is 0 Å². The summed E-state index contributed by atoms with van der Waals surface area (Å²) in [6, 6.07) is 3.92. The largest absolute Gasteiger partial charge is 0.370 e. The van der Waals surface area contributed by atoms with E-state index in [0.717, 1.165) is 11.4 Å². The Balaban J connectivity index is 2.76. The van der Waals surface area contributed by atoms with Gasteiger partial charge >= 0.3 is 0 Å². The molecule has 0 unspecified atom stereocenters. The summed E-state index contributed by atoms with van der Waals surface area (Å²) in [4.78, 5) is 10.1. The van der Waals surface area contributed by atoms with Crippen molar-refractivity contribution in [3.05, 3.63) is 23.9 Å². The Morgan fingerprint density at radius 3 is 2.93 bits per heavy atom. The van der Waals surface area contributed by atoms with Crippen LogP contribution in [-0.2, 0) is 6.54 Å². The lowest BCUT2D eigenvalue weighted by Crippen LogP contribution is -2.31. The Morgan fingerprint density at radius 1 is 1.60 bits per heavy atom. The minimum absolute atomic E-state index is 0.434. The van der Waals surface area contributed by atoms with Gasteiger partial charge in [0.25, 0.3) is 0 Å². The minimum atomic E-state index is 0.434. The van der Waals surface area contributed by atoms with E-state index in [1.54, 1.807) is 13.2 Å². The van der Waals surface area contributed by atoms with Crippen molar-refractivity contribution in [1.29, 1.82) is 0 Å². The van der Waals surface area contributed by atoms with Gasteiger partial charge in [0.1, 0.15) is 5.82 Å². The molecular formula is C10H17N5. The number of hydrogen-bond acceptors (Lipinski definition) is 3. The summed E-state index contributed by atoms with van der Waals surface area (Å²) in [5.41, 5.74) is 6.64. The van der Waals surface area contributed by atoms with Crippen molar-refractivity contribution in [2.75, 3.05) is 26.0 Å². The summed E-state index contributed by atoms with van der Waals surface area (Å²) in [5, 5.41) is 3.00. The number of nitrogens with one attached hydrogen (secondary N) is 1.